The number of nitrogens with one attached hydrogen (secondary N) is 1. The van der Waals surface area contributed by atoms with Crippen molar-refractivity contribution in [1.29, 1.82) is 0 Å². The van der Waals surface area contributed by atoms with Gasteiger partial charge in [0.25, 0.3) is 0 Å². The number of rotatable bonds is 6. The van der Waals surface area contributed by atoms with Gasteiger partial charge in [-0.25, -0.2) is 0 Å². The van der Waals surface area contributed by atoms with E-state index in [4.69, 9.17) is 0 Å². The van der Waals surface area contributed by atoms with Crippen LogP contribution < -0.4 is 5.32 Å². The second-order valence-electron chi connectivity index (χ2n) is 4.48. The first-order valence-corrected chi connectivity index (χ1v) is 8.92. The molecule has 0 aliphatic carbocycles. The number of halogens is 2. The van der Waals surface area contributed by atoms with Gasteiger partial charge in [-0.05, 0) is 65.5 Å². The topological polar surface area (TPSA) is 12.0 Å². The highest BCUT2D eigenvalue weighted by Crippen LogP contribution is 2.27. The first-order chi connectivity index (χ1) is 9.19. The van der Waals surface area contributed by atoms with Crippen molar-refractivity contribution in [3.8, 4) is 0 Å². The van der Waals surface area contributed by atoms with Gasteiger partial charge in [-0.1, -0.05) is 38.8 Å². The monoisotopic (exact) mass is 401 g/mol. The molecule has 0 fully saturated rings. The summed E-state index contributed by atoms with van der Waals surface area (Å²) in [5.74, 6) is 0. The third-order valence-electron chi connectivity index (χ3n) is 3.04. The van der Waals surface area contributed by atoms with Crippen LogP contribution >= 0.6 is 43.2 Å². The highest BCUT2D eigenvalue weighted by atomic mass is 79.9. The SMILES string of the molecule is CCNC(CCc1ccsc1)c1cc(Br)cc(Br)c1. The van der Waals surface area contributed by atoms with E-state index in [1.54, 1.807) is 11.3 Å². The van der Waals surface area contributed by atoms with Gasteiger partial charge >= 0.3 is 0 Å². The zero-order valence-corrected chi connectivity index (χ0v) is 14.8. The van der Waals surface area contributed by atoms with Crippen molar-refractivity contribution < 1.29 is 0 Å². The minimum absolute atomic E-state index is 0.402. The fraction of sp³-hybridized carbons (Fsp3) is 0.333. The normalized spacial score (nSPS) is 12.6. The van der Waals surface area contributed by atoms with Gasteiger partial charge in [0.1, 0.15) is 0 Å². The van der Waals surface area contributed by atoms with Crippen LogP contribution in [0, 0.1) is 0 Å². The molecule has 1 heterocycles. The molecule has 1 aromatic carbocycles. The highest BCUT2D eigenvalue weighted by molar-refractivity contribution is 9.11. The molecule has 0 amide bonds. The van der Waals surface area contributed by atoms with E-state index < -0.39 is 0 Å². The van der Waals surface area contributed by atoms with Crippen LogP contribution in [0.3, 0.4) is 0 Å². The Kier molecular flexibility index (Phi) is 6.07. The first kappa shape index (κ1) is 15.2. The van der Waals surface area contributed by atoms with Gasteiger partial charge in [-0.15, -0.1) is 0 Å². The number of hydrogen-bond acceptors (Lipinski definition) is 2. The summed E-state index contributed by atoms with van der Waals surface area (Å²) in [4.78, 5) is 0. The van der Waals surface area contributed by atoms with Crippen LogP contribution in [0.15, 0.2) is 44.0 Å². The van der Waals surface area contributed by atoms with Gasteiger partial charge in [0.2, 0.25) is 0 Å². The quantitative estimate of drug-likeness (QED) is 0.667. The summed E-state index contributed by atoms with van der Waals surface area (Å²) in [5, 5.41) is 7.96. The Morgan fingerprint density at radius 1 is 1.21 bits per heavy atom. The molecule has 1 unspecified atom stereocenters. The molecule has 0 aliphatic heterocycles. The van der Waals surface area contributed by atoms with Gasteiger partial charge in [-0.2, -0.15) is 11.3 Å². The van der Waals surface area contributed by atoms with E-state index in [9.17, 15) is 0 Å². The Hall–Kier alpha value is -0.160. The molecule has 1 atom stereocenters. The van der Waals surface area contributed by atoms with Crippen molar-refractivity contribution in [2.75, 3.05) is 6.54 Å². The lowest BCUT2D eigenvalue weighted by Crippen LogP contribution is -2.21. The summed E-state index contributed by atoms with van der Waals surface area (Å²) >= 11 is 8.90. The zero-order valence-electron chi connectivity index (χ0n) is 10.8. The molecule has 1 aromatic heterocycles. The third-order valence-corrected chi connectivity index (χ3v) is 4.69. The average molecular weight is 403 g/mol. The first-order valence-electron chi connectivity index (χ1n) is 6.39. The van der Waals surface area contributed by atoms with Gasteiger partial charge in [0.15, 0.2) is 0 Å². The molecule has 0 aliphatic rings. The van der Waals surface area contributed by atoms with Crippen LogP contribution in [-0.2, 0) is 6.42 Å². The Balaban J connectivity index is 2.09. The third kappa shape index (κ3) is 4.71. The van der Waals surface area contributed by atoms with Crippen LogP contribution in [0.25, 0.3) is 0 Å². The van der Waals surface area contributed by atoms with E-state index in [0.29, 0.717) is 6.04 Å². The fourth-order valence-corrected chi connectivity index (χ4v) is 4.19. The lowest BCUT2D eigenvalue weighted by molar-refractivity contribution is 0.515. The molecular weight excluding hydrogens is 386 g/mol. The summed E-state index contributed by atoms with van der Waals surface area (Å²) in [6, 6.07) is 9.09. The number of hydrogen-bond donors (Lipinski definition) is 1. The molecule has 0 saturated heterocycles. The molecular formula is C15H17Br2NS. The van der Waals surface area contributed by atoms with E-state index in [-0.39, 0.29) is 0 Å². The van der Waals surface area contributed by atoms with Crippen LogP contribution in [0.2, 0.25) is 0 Å². The molecule has 1 nitrogen and oxygen atoms in total. The highest BCUT2D eigenvalue weighted by Gasteiger charge is 2.12. The molecule has 19 heavy (non-hydrogen) atoms. The van der Waals surface area contributed by atoms with Gasteiger partial charge < -0.3 is 5.32 Å². The number of aryl methyl sites for hydroxylation is 1. The standard InChI is InChI=1S/C15H17Br2NS/c1-2-18-15(4-3-11-5-6-19-10-11)12-7-13(16)9-14(17)8-12/h5-10,15,18H,2-4H2,1H3. The Morgan fingerprint density at radius 2 is 1.95 bits per heavy atom. The summed E-state index contributed by atoms with van der Waals surface area (Å²) in [7, 11) is 0. The second kappa shape index (κ2) is 7.58. The minimum Gasteiger partial charge on any atom is -0.310 e. The van der Waals surface area contributed by atoms with Gasteiger partial charge in [0, 0.05) is 15.0 Å². The maximum absolute atomic E-state index is 3.58. The zero-order chi connectivity index (χ0) is 13.7. The summed E-state index contributed by atoms with van der Waals surface area (Å²) in [6.45, 7) is 3.14. The Labute approximate surface area is 135 Å². The maximum Gasteiger partial charge on any atom is 0.0324 e. The van der Waals surface area contributed by atoms with E-state index in [1.807, 2.05) is 0 Å². The predicted octanol–water partition coefficient (Wildman–Crippen LogP) is 5.56. The van der Waals surface area contributed by atoms with E-state index in [0.717, 1.165) is 28.3 Å². The van der Waals surface area contributed by atoms with Crippen LogP contribution in [0.4, 0.5) is 0 Å². The molecule has 1 N–H and O–H groups in total. The minimum atomic E-state index is 0.402. The molecule has 0 saturated carbocycles. The predicted molar refractivity (Wildman–Crippen MR) is 90.9 cm³/mol. The second-order valence-corrected chi connectivity index (χ2v) is 7.09. The van der Waals surface area contributed by atoms with Gasteiger partial charge in [-0.3, -0.25) is 0 Å². The van der Waals surface area contributed by atoms with Gasteiger partial charge in [0.05, 0.1) is 0 Å². The molecule has 4 heteroatoms. The van der Waals surface area contributed by atoms with Crippen molar-refractivity contribution in [1.82, 2.24) is 5.32 Å². The molecule has 0 bridgehead atoms. The van der Waals surface area contributed by atoms with E-state index in [2.05, 4.69) is 79.1 Å². The van der Waals surface area contributed by atoms with Crippen LogP contribution in [-0.4, -0.2) is 6.54 Å². The van der Waals surface area contributed by atoms with Crippen molar-refractivity contribution in [3.05, 3.63) is 55.1 Å². The molecule has 2 rings (SSSR count). The summed E-state index contributed by atoms with van der Waals surface area (Å²) in [6.07, 6.45) is 2.23. The Morgan fingerprint density at radius 3 is 2.53 bits per heavy atom. The van der Waals surface area contributed by atoms with Crippen LogP contribution in [0.1, 0.15) is 30.5 Å². The van der Waals surface area contributed by atoms with Crippen LogP contribution in [0.5, 0.6) is 0 Å². The summed E-state index contributed by atoms with van der Waals surface area (Å²) in [5.41, 5.74) is 2.76. The molecule has 0 spiro atoms. The number of benzene rings is 1. The number of thiophene rings is 1. The largest absolute Gasteiger partial charge is 0.310 e. The smallest absolute Gasteiger partial charge is 0.0324 e. The van der Waals surface area contributed by atoms with Crippen molar-refractivity contribution in [3.63, 3.8) is 0 Å². The lowest BCUT2D eigenvalue weighted by Gasteiger charge is -2.19. The molecule has 102 valence electrons. The van der Waals surface area contributed by atoms with E-state index >= 15 is 0 Å². The summed E-state index contributed by atoms with van der Waals surface area (Å²) < 4.78 is 2.24. The van der Waals surface area contributed by atoms with Crippen molar-refractivity contribution in [2.45, 2.75) is 25.8 Å². The average Bonchev–Trinajstić information content (AvgIpc) is 2.86. The maximum atomic E-state index is 3.58. The van der Waals surface area contributed by atoms with Crippen molar-refractivity contribution >= 4 is 43.2 Å². The fourth-order valence-electron chi connectivity index (χ4n) is 2.16. The lowest BCUT2D eigenvalue weighted by atomic mass is 10.00. The Bertz CT molecular complexity index is 491. The molecule has 0 radical (unpaired) electrons. The molecule has 2 aromatic rings. The van der Waals surface area contributed by atoms with Crippen molar-refractivity contribution in [2.24, 2.45) is 0 Å². The van der Waals surface area contributed by atoms with E-state index in [1.165, 1.54) is 11.1 Å².